The lowest BCUT2D eigenvalue weighted by Crippen LogP contribution is -2.35. The van der Waals surface area contributed by atoms with Gasteiger partial charge in [-0.15, -0.1) is 0 Å². The second-order valence-electron chi connectivity index (χ2n) is 7.58. The van der Waals surface area contributed by atoms with Gasteiger partial charge in [-0.25, -0.2) is 4.79 Å². The Balaban J connectivity index is 1.79. The van der Waals surface area contributed by atoms with Crippen LogP contribution in [0, 0.1) is 34.6 Å². The van der Waals surface area contributed by atoms with E-state index in [1.165, 1.54) is 5.56 Å². The van der Waals surface area contributed by atoms with Crippen LogP contribution in [-0.4, -0.2) is 11.9 Å². The smallest absolute Gasteiger partial charge is 0.326 e. The molecule has 0 radical (unpaired) electrons. The van der Waals surface area contributed by atoms with Gasteiger partial charge >= 0.3 is 6.03 Å². The molecule has 160 valence electrons. The molecule has 0 unspecified atom stereocenters. The molecular formula is C25H25ClN2O3. The summed E-state index contributed by atoms with van der Waals surface area (Å²) in [6.45, 7) is 9.77. The molecule has 5 nitrogen and oxygen atoms in total. The van der Waals surface area contributed by atoms with Crippen LogP contribution in [0.5, 0.6) is 11.5 Å². The van der Waals surface area contributed by atoms with E-state index < -0.39 is 11.9 Å². The van der Waals surface area contributed by atoms with Gasteiger partial charge in [0.1, 0.15) is 11.5 Å². The Morgan fingerprint density at radius 3 is 2.23 bits per heavy atom. The van der Waals surface area contributed by atoms with Crippen molar-refractivity contribution in [1.82, 2.24) is 5.32 Å². The number of hydrogen-bond acceptors (Lipinski definition) is 3. The Morgan fingerprint density at radius 1 is 0.839 bits per heavy atom. The molecule has 3 aromatic carbocycles. The average Bonchev–Trinajstić information content (AvgIpc) is 2.71. The van der Waals surface area contributed by atoms with Gasteiger partial charge in [0.05, 0.1) is 10.6 Å². The largest absolute Gasteiger partial charge is 0.457 e. The fraction of sp³-hybridized carbons (Fsp3) is 0.200. The number of hydrogen-bond donors (Lipinski definition) is 2. The molecule has 0 aliphatic rings. The molecule has 0 atom stereocenters. The van der Waals surface area contributed by atoms with Crippen molar-refractivity contribution in [3.8, 4) is 11.5 Å². The van der Waals surface area contributed by atoms with E-state index in [0.29, 0.717) is 5.69 Å². The fourth-order valence-electron chi connectivity index (χ4n) is 3.34. The molecule has 6 heteroatoms. The molecule has 0 heterocycles. The quantitative estimate of drug-likeness (QED) is 0.481. The molecule has 0 saturated carbocycles. The van der Waals surface area contributed by atoms with Crippen LogP contribution in [-0.2, 0) is 0 Å². The number of aryl methyl sites for hydroxylation is 3. The molecule has 0 bridgehead atoms. The Labute approximate surface area is 187 Å². The first-order valence-corrected chi connectivity index (χ1v) is 10.3. The number of nitrogens with one attached hydrogen (secondary N) is 2. The molecule has 3 amide bonds. The Hall–Kier alpha value is -3.31. The molecule has 31 heavy (non-hydrogen) atoms. The van der Waals surface area contributed by atoms with Crippen molar-refractivity contribution in [3.05, 3.63) is 86.9 Å². The van der Waals surface area contributed by atoms with E-state index in [9.17, 15) is 9.59 Å². The van der Waals surface area contributed by atoms with Crippen molar-refractivity contribution in [2.75, 3.05) is 5.32 Å². The highest BCUT2D eigenvalue weighted by Gasteiger charge is 2.17. The molecule has 0 aliphatic carbocycles. The third-order valence-electron chi connectivity index (χ3n) is 5.18. The molecule has 0 spiro atoms. The fourth-order valence-corrected chi connectivity index (χ4v) is 3.56. The van der Waals surface area contributed by atoms with Crippen LogP contribution >= 0.6 is 11.6 Å². The maximum atomic E-state index is 12.5. The van der Waals surface area contributed by atoms with Gasteiger partial charge in [0, 0.05) is 5.69 Å². The van der Waals surface area contributed by atoms with Crippen molar-refractivity contribution in [2.45, 2.75) is 34.6 Å². The van der Waals surface area contributed by atoms with Crippen LogP contribution in [0.4, 0.5) is 10.5 Å². The summed E-state index contributed by atoms with van der Waals surface area (Å²) in [6.07, 6.45) is 0. The first kappa shape index (κ1) is 22.4. The molecule has 2 N–H and O–H groups in total. The Kier molecular flexibility index (Phi) is 6.66. The number of imide groups is 1. The number of halogens is 1. The summed E-state index contributed by atoms with van der Waals surface area (Å²) in [4.78, 5) is 24.8. The second kappa shape index (κ2) is 9.23. The van der Waals surface area contributed by atoms with Crippen molar-refractivity contribution in [2.24, 2.45) is 0 Å². The zero-order valence-corrected chi connectivity index (χ0v) is 19.0. The molecule has 3 rings (SSSR count). The van der Waals surface area contributed by atoms with Crippen LogP contribution in [0.25, 0.3) is 0 Å². The SMILES string of the molecule is Cc1ccc(Oc2cc(C)c(NC(=O)NC(=O)c3ccccc3Cl)c(C)c2C)c(C)c1. The summed E-state index contributed by atoms with van der Waals surface area (Å²) in [7, 11) is 0. The number of carbonyl (C=O) groups is 2. The third-order valence-corrected chi connectivity index (χ3v) is 5.51. The lowest BCUT2D eigenvalue weighted by atomic mass is 10.0. The van der Waals surface area contributed by atoms with E-state index in [1.807, 2.05) is 52.8 Å². The maximum Gasteiger partial charge on any atom is 0.326 e. The number of carbonyl (C=O) groups excluding carboxylic acids is 2. The molecule has 0 aliphatic heterocycles. The van der Waals surface area contributed by atoms with Gasteiger partial charge in [-0.2, -0.15) is 0 Å². The van der Waals surface area contributed by atoms with Gasteiger partial charge < -0.3 is 10.1 Å². The zero-order valence-electron chi connectivity index (χ0n) is 18.2. The molecule has 0 saturated heterocycles. The number of urea groups is 1. The summed E-state index contributed by atoms with van der Waals surface area (Å²) < 4.78 is 6.16. The van der Waals surface area contributed by atoms with Crippen molar-refractivity contribution < 1.29 is 14.3 Å². The molecule has 0 fully saturated rings. The monoisotopic (exact) mass is 436 g/mol. The van der Waals surface area contributed by atoms with Crippen LogP contribution in [0.2, 0.25) is 5.02 Å². The third kappa shape index (κ3) is 5.06. The van der Waals surface area contributed by atoms with Crippen molar-refractivity contribution in [3.63, 3.8) is 0 Å². The highest BCUT2D eigenvalue weighted by molar-refractivity contribution is 6.34. The normalized spacial score (nSPS) is 10.5. The Bertz CT molecular complexity index is 1170. The minimum absolute atomic E-state index is 0.237. The molecule has 0 aromatic heterocycles. The highest BCUT2D eigenvalue weighted by atomic mass is 35.5. The van der Waals surface area contributed by atoms with Gasteiger partial charge in [-0.1, -0.05) is 41.4 Å². The van der Waals surface area contributed by atoms with Gasteiger partial charge in [0.25, 0.3) is 5.91 Å². The summed E-state index contributed by atoms with van der Waals surface area (Å²) in [5.74, 6) is 0.946. The first-order valence-electron chi connectivity index (χ1n) is 9.90. The van der Waals surface area contributed by atoms with Crippen LogP contribution in [0.15, 0.2) is 48.5 Å². The maximum absolute atomic E-state index is 12.5. The predicted octanol–water partition coefficient (Wildman–Crippen LogP) is 6.64. The summed E-state index contributed by atoms with van der Waals surface area (Å²) in [5, 5.41) is 5.38. The average molecular weight is 437 g/mol. The van der Waals surface area contributed by atoms with Gasteiger partial charge in [0.15, 0.2) is 0 Å². The van der Waals surface area contributed by atoms with Gasteiger partial charge in [-0.3, -0.25) is 10.1 Å². The van der Waals surface area contributed by atoms with Crippen molar-refractivity contribution >= 4 is 29.2 Å². The van der Waals surface area contributed by atoms with E-state index in [4.69, 9.17) is 16.3 Å². The number of ether oxygens (including phenoxy) is 1. The predicted molar refractivity (Wildman–Crippen MR) is 125 cm³/mol. The molecule has 3 aromatic rings. The number of rotatable bonds is 4. The second-order valence-corrected chi connectivity index (χ2v) is 7.98. The highest BCUT2D eigenvalue weighted by Crippen LogP contribution is 2.35. The van der Waals surface area contributed by atoms with E-state index in [-0.39, 0.29) is 10.6 Å². The molecular weight excluding hydrogens is 412 g/mol. The van der Waals surface area contributed by atoms with Gasteiger partial charge in [-0.05, 0) is 81.1 Å². The Morgan fingerprint density at radius 2 is 1.55 bits per heavy atom. The first-order chi connectivity index (χ1) is 14.7. The van der Waals surface area contributed by atoms with Crippen LogP contribution in [0.1, 0.15) is 38.2 Å². The van der Waals surface area contributed by atoms with Crippen LogP contribution in [0.3, 0.4) is 0 Å². The zero-order chi connectivity index (χ0) is 22.7. The lowest BCUT2D eigenvalue weighted by Gasteiger charge is -2.19. The van der Waals surface area contributed by atoms with E-state index >= 15 is 0 Å². The van der Waals surface area contributed by atoms with E-state index in [2.05, 4.69) is 16.7 Å². The van der Waals surface area contributed by atoms with E-state index in [0.717, 1.165) is 33.8 Å². The van der Waals surface area contributed by atoms with Crippen molar-refractivity contribution in [1.29, 1.82) is 0 Å². The standard InChI is InChI=1S/C25H25ClN2O3/c1-14-10-11-21(15(2)12-14)31-22-13-16(3)23(18(5)17(22)4)27-25(30)28-24(29)19-8-6-7-9-20(19)26/h6-13H,1-5H3,(H2,27,28,29,30). The summed E-state index contributed by atoms with van der Waals surface area (Å²) in [6, 6.07) is 13.8. The van der Waals surface area contributed by atoms with E-state index in [1.54, 1.807) is 24.3 Å². The minimum atomic E-state index is -0.626. The topological polar surface area (TPSA) is 67.4 Å². The summed E-state index contributed by atoms with van der Waals surface area (Å²) >= 11 is 6.03. The van der Waals surface area contributed by atoms with Gasteiger partial charge in [0.2, 0.25) is 0 Å². The minimum Gasteiger partial charge on any atom is -0.457 e. The number of benzene rings is 3. The summed E-state index contributed by atoms with van der Waals surface area (Å²) in [5.41, 5.74) is 5.68. The van der Waals surface area contributed by atoms with Crippen LogP contribution < -0.4 is 15.4 Å². The number of anilines is 1. The lowest BCUT2D eigenvalue weighted by molar-refractivity contribution is 0.0967. The number of amides is 3.